The van der Waals surface area contributed by atoms with Crippen molar-refractivity contribution in [2.75, 3.05) is 5.32 Å². The predicted molar refractivity (Wildman–Crippen MR) is 121 cm³/mol. The second kappa shape index (κ2) is 9.82. The van der Waals surface area contributed by atoms with Crippen LogP contribution in [0.5, 0.6) is 5.75 Å². The molecule has 31 heavy (non-hydrogen) atoms. The molecule has 0 aliphatic carbocycles. The molecule has 3 aromatic rings. The molecule has 0 aliphatic heterocycles. The molecule has 2 N–H and O–H groups in total. The largest absolute Gasteiger partial charge is 0.422 e. The lowest BCUT2D eigenvalue weighted by Crippen LogP contribution is -2.33. The van der Waals surface area contributed by atoms with Crippen LogP contribution in [-0.4, -0.2) is 23.5 Å². The summed E-state index contributed by atoms with van der Waals surface area (Å²) in [5.41, 5.74) is 5.95. The fraction of sp³-hybridized carbons (Fsp3) is 0.130. The zero-order valence-electron chi connectivity index (χ0n) is 17.3. The molecule has 1 aromatic heterocycles. The number of hydrogen-bond donors (Lipinski definition) is 2. The first-order chi connectivity index (χ1) is 14.8. The summed E-state index contributed by atoms with van der Waals surface area (Å²) in [5.74, 6) is -1.71. The lowest BCUT2D eigenvalue weighted by molar-refractivity contribution is -0.136. The molecule has 1 heterocycles. The maximum absolute atomic E-state index is 12.1. The highest BCUT2D eigenvalue weighted by molar-refractivity contribution is 7.12. The van der Waals surface area contributed by atoms with Gasteiger partial charge in [-0.15, -0.1) is 11.3 Å². The topological polar surface area (TPSA) is 96.9 Å². The van der Waals surface area contributed by atoms with Crippen molar-refractivity contribution in [2.45, 2.75) is 20.8 Å². The molecule has 0 spiro atoms. The van der Waals surface area contributed by atoms with Crippen molar-refractivity contribution in [3.05, 3.63) is 81.5 Å². The van der Waals surface area contributed by atoms with Crippen molar-refractivity contribution in [1.29, 1.82) is 0 Å². The lowest BCUT2D eigenvalue weighted by atomic mass is 10.1. The summed E-state index contributed by atoms with van der Waals surface area (Å²) in [6.45, 7) is 5.50. The molecule has 8 heteroatoms. The Labute approximate surface area is 183 Å². The Morgan fingerprint density at radius 1 is 0.935 bits per heavy atom. The van der Waals surface area contributed by atoms with Gasteiger partial charge in [0.15, 0.2) is 0 Å². The third-order valence-electron chi connectivity index (χ3n) is 4.22. The van der Waals surface area contributed by atoms with Crippen LogP contribution in [-0.2, 0) is 9.59 Å². The number of nitrogens with zero attached hydrogens (tertiary/aromatic N) is 1. The zero-order chi connectivity index (χ0) is 22.4. The minimum absolute atomic E-state index is 0.395. The highest BCUT2D eigenvalue weighted by Crippen LogP contribution is 2.17. The van der Waals surface area contributed by atoms with Crippen LogP contribution >= 0.6 is 11.3 Å². The highest BCUT2D eigenvalue weighted by Gasteiger charge is 2.14. The molecule has 0 aliphatic rings. The van der Waals surface area contributed by atoms with Gasteiger partial charge >= 0.3 is 17.8 Å². The molecule has 0 saturated heterocycles. The minimum Gasteiger partial charge on any atom is -0.422 e. The summed E-state index contributed by atoms with van der Waals surface area (Å²) in [7, 11) is 0. The molecular weight excluding hydrogens is 414 g/mol. The number of carbonyl (C=O) groups is 3. The predicted octanol–water partition coefficient (Wildman–Crippen LogP) is 4.06. The lowest BCUT2D eigenvalue weighted by Gasteiger charge is -2.07. The molecule has 3 rings (SSSR count). The van der Waals surface area contributed by atoms with Crippen LogP contribution in [0.25, 0.3) is 0 Å². The Morgan fingerprint density at radius 3 is 2.23 bits per heavy atom. The number of rotatable bonds is 5. The third kappa shape index (κ3) is 6.10. The van der Waals surface area contributed by atoms with E-state index in [2.05, 4.69) is 15.8 Å². The summed E-state index contributed by atoms with van der Waals surface area (Å²) in [4.78, 5) is 36.6. The monoisotopic (exact) mass is 435 g/mol. The number of amides is 2. The minimum atomic E-state index is -0.875. The van der Waals surface area contributed by atoms with Gasteiger partial charge in [-0.25, -0.2) is 10.2 Å². The Bertz CT molecular complexity index is 1120. The Balaban J connectivity index is 1.57. The fourth-order valence-corrected chi connectivity index (χ4v) is 3.40. The van der Waals surface area contributed by atoms with E-state index in [-0.39, 0.29) is 0 Å². The van der Waals surface area contributed by atoms with Gasteiger partial charge in [0.1, 0.15) is 10.6 Å². The number of carbonyl (C=O) groups excluding carboxylic acids is 3. The van der Waals surface area contributed by atoms with E-state index in [0.717, 1.165) is 11.1 Å². The second-order valence-electron chi connectivity index (χ2n) is 6.86. The molecule has 0 saturated carbocycles. The van der Waals surface area contributed by atoms with Crippen molar-refractivity contribution in [3.63, 3.8) is 0 Å². The number of nitrogens with one attached hydrogen (secondary N) is 2. The summed E-state index contributed by atoms with van der Waals surface area (Å²) in [6.07, 6.45) is 0. The molecule has 7 nitrogen and oxygen atoms in total. The molecular formula is C23H21N3O4S. The van der Waals surface area contributed by atoms with Gasteiger partial charge in [-0.2, -0.15) is 5.10 Å². The van der Waals surface area contributed by atoms with Crippen molar-refractivity contribution in [1.82, 2.24) is 5.43 Å². The number of thiophene rings is 1. The molecule has 2 amide bonds. The average molecular weight is 436 g/mol. The van der Waals surface area contributed by atoms with Crippen molar-refractivity contribution < 1.29 is 19.1 Å². The number of hydrogen-bond acceptors (Lipinski definition) is 6. The van der Waals surface area contributed by atoms with E-state index in [1.807, 2.05) is 19.9 Å². The first kappa shape index (κ1) is 21.9. The number of esters is 1. The maximum atomic E-state index is 12.1. The summed E-state index contributed by atoms with van der Waals surface area (Å²) < 4.78 is 5.31. The first-order valence-corrected chi connectivity index (χ1v) is 10.3. The smallest absolute Gasteiger partial charge is 0.353 e. The van der Waals surface area contributed by atoms with E-state index in [9.17, 15) is 14.4 Å². The molecule has 0 radical (unpaired) electrons. The molecule has 0 unspecified atom stereocenters. The normalized spacial score (nSPS) is 11.0. The number of anilines is 1. The number of ether oxygens (including phenoxy) is 1. The van der Waals surface area contributed by atoms with Crippen LogP contribution in [0.3, 0.4) is 0 Å². The standard InChI is InChI=1S/C23H21N3O4S/c1-14-11-15(2)13-18(12-14)24-21(27)22(28)26-25-16(3)17-6-8-19(9-7-17)30-23(29)20-5-4-10-31-20/h4-13H,1-3H3,(H,24,27)(H,26,28)/b25-16+. The average Bonchev–Trinajstić information content (AvgIpc) is 3.26. The van der Waals surface area contributed by atoms with Crippen molar-refractivity contribution in [2.24, 2.45) is 5.10 Å². The SMILES string of the molecule is C/C(=N\NC(=O)C(=O)Nc1cc(C)cc(C)c1)c1ccc(OC(=O)c2cccs2)cc1. The van der Waals surface area contributed by atoms with Crippen molar-refractivity contribution in [3.8, 4) is 5.75 Å². The summed E-state index contributed by atoms with van der Waals surface area (Å²) in [6, 6.07) is 15.7. The third-order valence-corrected chi connectivity index (χ3v) is 5.07. The highest BCUT2D eigenvalue weighted by atomic mass is 32.1. The van der Waals surface area contributed by atoms with Gasteiger partial charge in [0.2, 0.25) is 0 Å². The van der Waals surface area contributed by atoms with Crippen LogP contribution < -0.4 is 15.5 Å². The quantitative estimate of drug-likeness (QED) is 0.208. The maximum Gasteiger partial charge on any atom is 0.353 e. The van der Waals surface area contributed by atoms with E-state index in [1.54, 1.807) is 60.8 Å². The van der Waals surface area contributed by atoms with Gasteiger partial charge in [-0.05, 0) is 85.3 Å². The number of hydrazone groups is 1. The Kier molecular flexibility index (Phi) is 6.94. The van der Waals surface area contributed by atoms with E-state index in [0.29, 0.717) is 27.6 Å². The van der Waals surface area contributed by atoms with Crippen molar-refractivity contribution >= 4 is 40.5 Å². The van der Waals surface area contributed by atoms with E-state index >= 15 is 0 Å². The van der Waals surface area contributed by atoms with E-state index in [4.69, 9.17) is 4.74 Å². The summed E-state index contributed by atoms with van der Waals surface area (Å²) in [5, 5.41) is 8.33. The molecule has 0 atom stereocenters. The van der Waals surface area contributed by atoms with Crippen LogP contribution in [0.15, 0.2) is 65.1 Å². The van der Waals surface area contributed by atoms with Crippen LogP contribution in [0, 0.1) is 13.8 Å². The second-order valence-corrected chi connectivity index (χ2v) is 7.81. The van der Waals surface area contributed by atoms with E-state index in [1.165, 1.54) is 11.3 Å². The Morgan fingerprint density at radius 2 is 1.61 bits per heavy atom. The van der Waals surface area contributed by atoms with Gasteiger partial charge in [0.25, 0.3) is 0 Å². The van der Waals surface area contributed by atoms with Gasteiger partial charge in [-0.3, -0.25) is 9.59 Å². The first-order valence-electron chi connectivity index (χ1n) is 9.42. The van der Waals surface area contributed by atoms with Crippen LogP contribution in [0.1, 0.15) is 33.3 Å². The van der Waals surface area contributed by atoms with Gasteiger partial charge in [-0.1, -0.05) is 12.1 Å². The van der Waals surface area contributed by atoms with Crippen LogP contribution in [0.4, 0.5) is 5.69 Å². The number of benzene rings is 2. The van der Waals surface area contributed by atoms with Gasteiger partial charge in [0, 0.05) is 5.69 Å². The van der Waals surface area contributed by atoms with E-state index < -0.39 is 17.8 Å². The molecule has 2 aromatic carbocycles. The number of aryl methyl sites for hydroxylation is 2. The van der Waals surface area contributed by atoms with Gasteiger partial charge < -0.3 is 10.1 Å². The van der Waals surface area contributed by atoms with Gasteiger partial charge in [0.05, 0.1) is 5.71 Å². The van der Waals surface area contributed by atoms with Crippen LogP contribution in [0.2, 0.25) is 0 Å². The fourth-order valence-electron chi connectivity index (χ4n) is 2.80. The molecule has 0 bridgehead atoms. The zero-order valence-corrected chi connectivity index (χ0v) is 18.1. The molecule has 158 valence electrons. The Hall–Kier alpha value is -3.78. The summed E-state index contributed by atoms with van der Waals surface area (Å²) >= 11 is 1.31. The molecule has 0 fully saturated rings.